The maximum absolute atomic E-state index is 12.2. The van der Waals surface area contributed by atoms with E-state index in [1.807, 2.05) is 4.90 Å². The number of likely N-dealkylation sites (tertiary alicyclic amines) is 1. The lowest BCUT2D eigenvalue weighted by Gasteiger charge is -2.38. The second-order valence-corrected chi connectivity index (χ2v) is 5.26. The van der Waals surface area contributed by atoms with E-state index >= 15 is 0 Å². The molecule has 0 aliphatic carbocycles. The normalized spacial score (nSPS) is 22.2. The van der Waals surface area contributed by atoms with Gasteiger partial charge in [0.2, 0.25) is 5.91 Å². The number of rotatable bonds is 3. The molecule has 0 bridgehead atoms. The van der Waals surface area contributed by atoms with Gasteiger partial charge in [-0.15, -0.1) is 0 Å². The molecular formula is C13H22N2O3. The number of amides is 2. The summed E-state index contributed by atoms with van der Waals surface area (Å²) in [6, 6.07) is 0. The summed E-state index contributed by atoms with van der Waals surface area (Å²) < 4.78 is 5.34. The molecule has 0 aromatic heterocycles. The molecule has 1 N–H and O–H groups in total. The Balaban J connectivity index is 1.90. The molecule has 0 atom stereocenters. The van der Waals surface area contributed by atoms with Crippen molar-refractivity contribution in [2.24, 2.45) is 5.92 Å². The number of carbonyl (C=O) groups excluding carboxylic acids is 2. The highest BCUT2D eigenvalue weighted by Gasteiger charge is 2.43. The molecule has 102 valence electrons. The SMILES string of the molecule is CCC(CC)C(=O)N1CCC2(CC1)CNC(=O)O2. The van der Waals surface area contributed by atoms with Gasteiger partial charge in [0.25, 0.3) is 0 Å². The summed E-state index contributed by atoms with van der Waals surface area (Å²) in [5.74, 6) is 0.399. The Morgan fingerprint density at radius 3 is 2.44 bits per heavy atom. The minimum Gasteiger partial charge on any atom is -0.441 e. The molecule has 5 nitrogen and oxygen atoms in total. The predicted molar refractivity (Wildman–Crippen MR) is 67.1 cm³/mol. The van der Waals surface area contributed by atoms with Crippen LogP contribution in [0.3, 0.4) is 0 Å². The molecule has 2 amide bonds. The van der Waals surface area contributed by atoms with E-state index in [1.54, 1.807) is 0 Å². The van der Waals surface area contributed by atoms with Crippen molar-refractivity contribution in [1.82, 2.24) is 10.2 Å². The molecule has 0 aromatic rings. The predicted octanol–water partition coefficient (Wildman–Crippen LogP) is 1.52. The number of hydrogen-bond donors (Lipinski definition) is 1. The van der Waals surface area contributed by atoms with Gasteiger partial charge >= 0.3 is 6.09 Å². The largest absolute Gasteiger partial charge is 0.441 e. The quantitative estimate of drug-likeness (QED) is 0.830. The van der Waals surface area contributed by atoms with E-state index in [2.05, 4.69) is 19.2 Å². The fourth-order valence-electron chi connectivity index (χ4n) is 2.81. The van der Waals surface area contributed by atoms with Crippen molar-refractivity contribution in [2.45, 2.75) is 45.1 Å². The highest BCUT2D eigenvalue weighted by atomic mass is 16.6. The molecular weight excluding hydrogens is 232 g/mol. The number of nitrogens with zero attached hydrogens (tertiary/aromatic N) is 1. The Bertz CT molecular complexity index is 331. The van der Waals surface area contributed by atoms with E-state index < -0.39 is 0 Å². The van der Waals surface area contributed by atoms with Crippen molar-refractivity contribution in [3.63, 3.8) is 0 Å². The molecule has 2 aliphatic rings. The minimum atomic E-state index is -0.359. The van der Waals surface area contributed by atoms with Crippen LogP contribution in [0.1, 0.15) is 39.5 Å². The van der Waals surface area contributed by atoms with Gasteiger partial charge in [0.15, 0.2) is 0 Å². The second kappa shape index (κ2) is 5.16. The number of nitrogens with one attached hydrogen (secondary N) is 1. The minimum absolute atomic E-state index is 0.142. The first-order valence-corrected chi connectivity index (χ1v) is 6.86. The summed E-state index contributed by atoms with van der Waals surface area (Å²) in [6.45, 7) is 6.09. The van der Waals surface area contributed by atoms with Gasteiger partial charge < -0.3 is 15.0 Å². The third-order valence-corrected chi connectivity index (χ3v) is 4.19. The van der Waals surface area contributed by atoms with Crippen LogP contribution in [0.4, 0.5) is 4.79 Å². The van der Waals surface area contributed by atoms with E-state index in [1.165, 1.54) is 0 Å². The van der Waals surface area contributed by atoms with Gasteiger partial charge in [-0.3, -0.25) is 4.79 Å². The molecule has 5 heteroatoms. The molecule has 0 unspecified atom stereocenters. The van der Waals surface area contributed by atoms with E-state index in [4.69, 9.17) is 4.74 Å². The topological polar surface area (TPSA) is 58.6 Å². The van der Waals surface area contributed by atoms with Gasteiger partial charge in [-0.2, -0.15) is 0 Å². The Morgan fingerprint density at radius 2 is 2.00 bits per heavy atom. The summed E-state index contributed by atoms with van der Waals surface area (Å²) in [7, 11) is 0. The Morgan fingerprint density at radius 1 is 1.39 bits per heavy atom. The zero-order valence-corrected chi connectivity index (χ0v) is 11.2. The highest BCUT2D eigenvalue weighted by Crippen LogP contribution is 2.30. The average molecular weight is 254 g/mol. The summed E-state index contributed by atoms with van der Waals surface area (Å²) >= 11 is 0. The van der Waals surface area contributed by atoms with E-state index in [9.17, 15) is 9.59 Å². The summed E-state index contributed by atoms with van der Waals surface area (Å²) in [5, 5.41) is 2.70. The molecule has 2 aliphatic heterocycles. The lowest BCUT2D eigenvalue weighted by atomic mass is 9.90. The first kappa shape index (κ1) is 13.2. The zero-order chi connectivity index (χ0) is 13.2. The highest BCUT2D eigenvalue weighted by molar-refractivity contribution is 5.79. The van der Waals surface area contributed by atoms with Crippen LogP contribution < -0.4 is 5.32 Å². The smallest absolute Gasteiger partial charge is 0.407 e. The molecule has 2 saturated heterocycles. The average Bonchev–Trinajstić information content (AvgIpc) is 2.73. The maximum Gasteiger partial charge on any atom is 0.407 e. The van der Waals surface area contributed by atoms with E-state index in [0.29, 0.717) is 19.6 Å². The van der Waals surface area contributed by atoms with Gasteiger partial charge in [-0.25, -0.2) is 4.79 Å². The lowest BCUT2D eigenvalue weighted by Crippen LogP contribution is -2.49. The number of piperidine rings is 1. The van der Waals surface area contributed by atoms with Crippen LogP contribution in [0.15, 0.2) is 0 Å². The third-order valence-electron chi connectivity index (χ3n) is 4.19. The summed E-state index contributed by atoms with van der Waals surface area (Å²) in [4.78, 5) is 25.3. The molecule has 18 heavy (non-hydrogen) atoms. The van der Waals surface area contributed by atoms with Crippen molar-refractivity contribution < 1.29 is 14.3 Å². The number of carbonyl (C=O) groups is 2. The van der Waals surface area contributed by atoms with Crippen LogP contribution in [-0.4, -0.2) is 42.1 Å². The molecule has 2 rings (SSSR count). The first-order chi connectivity index (χ1) is 8.60. The summed E-state index contributed by atoms with van der Waals surface area (Å²) in [6.07, 6.45) is 2.96. The van der Waals surface area contributed by atoms with E-state index in [0.717, 1.165) is 25.7 Å². The third kappa shape index (κ3) is 2.44. The van der Waals surface area contributed by atoms with Crippen LogP contribution >= 0.6 is 0 Å². The van der Waals surface area contributed by atoms with Crippen molar-refractivity contribution >= 4 is 12.0 Å². The molecule has 2 heterocycles. The fraction of sp³-hybridized carbons (Fsp3) is 0.846. The fourth-order valence-corrected chi connectivity index (χ4v) is 2.81. The van der Waals surface area contributed by atoms with Crippen LogP contribution in [0.2, 0.25) is 0 Å². The Kier molecular flexibility index (Phi) is 3.78. The molecule has 0 saturated carbocycles. The monoisotopic (exact) mass is 254 g/mol. The lowest BCUT2D eigenvalue weighted by molar-refractivity contribution is -0.139. The van der Waals surface area contributed by atoms with Gasteiger partial charge in [-0.1, -0.05) is 13.8 Å². The molecule has 0 radical (unpaired) electrons. The second-order valence-electron chi connectivity index (χ2n) is 5.26. The van der Waals surface area contributed by atoms with Crippen molar-refractivity contribution in [2.75, 3.05) is 19.6 Å². The van der Waals surface area contributed by atoms with Gasteiger partial charge in [0, 0.05) is 31.8 Å². The van der Waals surface area contributed by atoms with Crippen LogP contribution in [-0.2, 0) is 9.53 Å². The van der Waals surface area contributed by atoms with Gasteiger partial charge in [0.05, 0.1) is 6.54 Å². The number of ether oxygens (including phenoxy) is 1. The maximum atomic E-state index is 12.2. The van der Waals surface area contributed by atoms with E-state index in [-0.39, 0.29) is 23.5 Å². The molecule has 1 spiro atoms. The van der Waals surface area contributed by atoms with Gasteiger partial charge in [0.1, 0.15) is 5.60 Å². The van der Waals surface area contributed by atoms with Crippen molar-refractivity contribution in [3.8, 4) is 0 Å². The number of hydrogen-bond acceptors (Lipinski definition) is 3. The number of alkyl carbamates (subject to hydrolysis) is 1. The van der Waals surface area contributed by atoms with Crippen LogP contribution in [0.25, 0.3) is 0 Å². The van der Waals surface area contributed by atoms with Gasteiger partial charge in [-0.05, 0) is 12.8 Å². The molecule has 0 aromatic carbocycles. The molecule has 2 fully saturated rings. The standard InChI is InChI=1S/C13H22N2O3/c1-3-10(4-2)11(16)15-7-5-13(6-8-15)9-14-12(17)18-13/h10H,3-9H2,1-2H3,(H,14,17). The Hall–Kier alpha value is -1.26. The van der Waals surface area contributed by atoms with Crippen LogP contribution in [0, 0.1) is 5.92 Å². The van der Waals surface area contributed by atoms with Crippen molar-refractivity contribution in [1.29, 1.82) is 0 Å². The Labute approximate surface area is 108 Å². The van der Waals surface area contributed by atoms with Crippen molar-refractivity contribution in [3.05, 3.63) is 0 Å². The van der Waals surface area contributed by atoms with Crippen LogP contribution in [0.5, 0.6) is 0 Å². The summed E-state index contributed by atoms with van der Waals surface area (Å²) in [5.41, 5.74) is -0.359. The first-order valence-electron chi connectivity index (χ1n) is 6.86. The zero-order valence-electron chi connectivity index (χ0n) is 11.2.